The second kappa shape index (κ2) is 8.74. The van der Waals surface area contributed by atoms with Gasteiger partial charge in [-0.25, -0.2) is 4.98 Å². The highest BCUT2D eigenvalue weighted by Crippen LogP contribution is 2.26. The number of phenolic OH excluding ortho intramolecular Hbond substituents is 1. The maximum absolute atomic E-state index is 11.7. The Kier molecular flexibility index (Phi) is 6.98. The van der Waals surface area contributed by atoms with Gasteiger partial charge >= 0.3 is 0 Å². The van der Waals surface area contributed by atoms with Gasteiger partial charge in [-0.05, 0) is 23.8 Å². The quantitative estimate of drug-likeness (QED) is 0.709. The van der Waals surface area contributed by atoms with Crippen LogP contribution in [0.4, 0.5) is 0 Å². The lowest BCUT2D eigenvalue weighted by atomic mass is 10.2. The monoisotopic (exact) mass is 323 g/mol. The predicted octanol–water partition coefficient (Wildman–Crippen LogP) is 1.92. The molecule has 2 rings (SSSR count). The molecule has 1 heterocycles. The van der Waals surface area contributed by atoms with Gasteiger partial charge in [-0.2, -0.15) is 0 Å². The van der Waals surface area contributed by atoms with Gasteiger partial charge < -0.3 is 20.1 Å². The second-order valence-corrected chi connectivity index (χ2v) is 4.38. The minimum Gasteiger partial charge on any atom is -0.504 e. The lowest BCUT2D eigenvalue weighted by Crippen LogP contribution is -2.23. The number of rotatable bonds is 6. The number of phenols is 1. The van der Waals surface area contributed by atoms with E-state index < -0.39 is 0 Å². The molecule has 0 saturated carbocycles. The summed E-state index contributed by atoms with van der Waals surface area (Å²) in [6.45, 7) is 0.532. The maximum Gasteiger partial charge on any atom is 0.244 e. The molecule has 1 amide bonds. The van der Waals surface area contributed by atoms with Crippen molar-refractivity contribution in [1.82, 2.24) is 15.3 Å². The van der Waals surface area contributed by atoms with E-state index in [0.29, 0.717) is 18.7 Å². The number of amides is 1. The Labute approximate surface area is 134 Å². The molecule has 0 radical (unpaired) electrons. The van der Waals surface area contributed by atoms with Gasteiger partial charge in [0, 0.05) is 30.9 Å². The van der Waals surface area contributed by atoms with Gasteiger partial charge in [0.15, 0.2) is 11.5 Å². The average molecular weight is 324 g/mol. The van der Waals surface area contributed by atoms with E-state index in [2.05, 4.69) is 15.3 Å². The standard InChI is InChI=1S/C15H17N3O3.ClH/c1-21-14-8-11(2-4-13(14)19)3-5-15(20)17-7-6-12-9-16-10-18-12;/h2-5,8-10,19H,6-7H2,1H3,(H,16,18)(H,17,20);1H/b5-3+;. The molecule has 0 aliphatic rings. The fourth-order valence-electron chi connectivity index (χ4n) is 1.77. The highest BCUT2D eigenvalue weighted by Gasteiger charge is 2.01. The number of methoxy groups -OCH3 is 1. The Balaban J connectivity index is 0.00000242. The molecule has 1 aromatic carbocycles. The number of nitrogens with zero attached hydrogens (tertiary/aromatic N) is 1. The summed E-state index contributed by atoms with van der Waals surface area (Å²) >= 11 is 0. The maximum atomic E-state index is 11.7. The van der Waals surface area contributed by atoms with Crippen LogP contribution < -0.4 is 10.1 Å². The average Bonchev–Trinajstić information content (AvgIpc) is 2.99. The van der Waals surface area contributed by atoms with Gasteiger partial charge in [-0.3, -0.25) is 4.79 Å². The van der Waals surface area contributed by atoms with Crippen molar-refractivity contribution < 1.29 is 14.6 Å². The second-order valence-electron chi connectivity index (χ2n) is 4.38. The van der Waals surface area contributed by atoms with Crippen LogP contribution in [0.1, 0.15) is 11.3 Å². The first-order chi connectivity index (χ1) is 10.2. The Hall–Kier alpha value is -2.47. The molecule has 0 unspecified atom stereocenters. The van der Waals surface area contributed by atoms with Crippen LogP contribution in [0.5, 0.6) is 11.5 Å². The third-order valence-corrected chi connectivity index (χ3v) is 2.88. The topological polar surface area (TPSA) is 87.2 Å². The lowest BCUT2D eigenvalue weighted by molar-refractivity contribution is -0.116. The lowest BCUT2D eigenvalue weighted by Gasteiger charge is -2.04. The van der Waals surface area contributed by atoms with Crippen molar-refractivity contribution in [1.29, 1.82) is 0 Å². The molecule has 3 N–H and O–H groups in total. The van der Waals surface area contributed by atoms with Crippen LogP contribution in [0.2, 0.25) is 0 Å². The van der Waals surface area contributed by atoms with E-state index in [1.165, 1.54) is 19.3 Å². The number of halogens is 1. The van der Waals surface area contributed by atoms with Gasteiger partial charge in [0.2, 0.25) is 5.91 Å². The fourth-order valence-corrected chi connectivity index (χ4v) is 1.77. The molecule has 6 nitrogen and oxygen atoms in total. The Morgan fingerprint density at radius 3 is 3.00 bits per heavy atom. The SMILES string of the molecule is COc1cc(/C=C/C(=O)NCCc2cnc[nH]2)ccc1O.Cl. The third-order valence-electron chi connectivity index (χ3n) is 2.88. The van der Waals surface area contributed by atoms with Gasteiger partial charge in [0.1, 0.15) is 0 Å². The van der Waals surface area contributed by atoms with Crippen molar-refractivity contribution in [3.63, 3.8) is 0 Å². The number of nitrogens with one attached hydrogen (secondary N) is 2. The molecule has 0 fully saturated rings. The number of aromatic amines is 1. The summed E-state index contributed by atoms with van der Waals surface area (Å²) in [6, 6.07) is 4.88. The highest BCUT2D eigenvalue weighted by molar-refractivity contribution is 5.91. The molecule has 0 saturated heterocycles. The summed E-state index contributed by atoms with van der Waals surface area (Å²) in [5.41, 5.74) is 1.75. The molecular formula is C15H18ClN3O3. The number of H-pyrrole nitrogens is 1. The summed E-state index contributed by atoms with van der Waals surface area (Å²) in [5, 5.41) is 12.3. The fraction of sp³-hybridized carbons (Fsp3) is 0.200. The first kappa shape index (κ1) is 17.6. The van der Waals surface area contributed by atoms with Crippen molar-refractivity contribution in [2.75, 3.05) is 13.7 Å². The van der Waals surface area contributed by atoms with Crippen LogP contribution in [0, 0.1) is 0 Å². The summed E-state index contributed by atoms with van der Waals surface area (Å²) in [5.74, 6) is 0.261. The van der Waals surface area contributed by atoms with E-state index in [-0.39, 0.29) is 24.1 Å². The van der Waals surface area contributed by atoms with E-state index in [4.69, 9.17) is 4.74 Å². The molecule has 0 atom stereocenters. The molecule has 2 aromatic rings. The first-order valence-corrected chi connectivity index (χ1v) is 6.49. The minimum atomic E-state index is -0.179. The third kappa shape index (κ3) is 5.14. The number of hydrogen-bond donors (Lipinski definition) is 3. The van der Waals surface area contributed by atoms with Crippen LogP contribution in [0.25, 0.3) is 6.08 Å². The summed E-state index contributed by atoms with van der Waals surface area (Å²) in [7, 11) is 1.48. The van der Waals surface area contributed by atoms with Crippen molar-refractivity contribution in [2.45, 2.75) is 6.42 Å². The van der Waals surface area contributed by atoms with E-state index in [1.54, 1.807) is 30.7 Å². The predicted molar refractivity (Wildman–Crippen MR) is 86.2 cm³/mol. The van der Waals surface area contributed by atoms with E-state index in [0.717, 1.165) is 11.3 Å². The van der Waals surface area contributed by atoms with E-state index in [9.17, 15) is 9.90 Å². The molecule has 0 aliphatic carbocycles. The Morgan fingerprint density at radius 2 is 2.32 bits per heavy atom. The molecule has 7 heteroatoms. The van der Waals surface area contributed by atoms with Crippen molar-refractivity contribution >= 4 is 24.4 Å². The number of benzene rings is 1. The zero-order valence-electron chi connectivity index (χ0n) is 12.1. The summed E-state index contributed by atoms with van der Waals surface area (Å²) < 4.78 is 5.00. The Morgan fingerprint density at radius 1 is 1.50 bits per heavy atom. The molecule has 0 bridgehead atoms. The number of imidazole rings is 1. The van der Waals surface area contributed by atoms with Gasteiger partial charge in [-0.1, -0.05) is 6.07 Å². The number of ether oxygens (including phenoxy) is 1. The molecule has 22 heavy (non-hydrogen) atoms. The van der Waals surface area contributed by atoms with E-state index >= 15 is 0 Å². The number of carbonyl (C=O) groups is 1. The molecule has 0 aliphatic heterocycles. The summed E-state index contributed by atoms with van der Waals surface area (Å²) in [6.07, 6.45) is 7.14. The van der Waals surface area contributed by atoms with Crippen LogP contribution in [-0.2, 0) is 11.2 Å². The molecule has 1 aromatic heterocycles. The highest BCUT2D eigenvalue weighted by atomic mass is 35.5. The van der Waals surface area contributed by atoms with Crippen LogP contribution in [-0.4, -0.2) is 34.6 Å². The van der Waals surface area contributed by atoms with Gasteiger partial charge in [-0.15, -0.1) is 12.4 Å². The van der Waals surface area contributed by atoms with Crippen molar-refractivity contribution in [2.24, 2.45) is 0 Å². The molecule has 0 spiro atoms. The van der Waals surface area contributed by atoms with Crippen molar-refractivity contribution in [3.8, 4) is 11.5 Å². The normalized spacial score (nSPS) is 10.2. The zero-order chi connectivity index (χ0) is 15.1. The minimum absolute atomic E-state index is 0. The number of aromatic hydroxyl groups is 1. The van der Waals surface area contributed by atoms with Crippen molar-refractivity contribution in [3.05, 3.63) is 48.1 Å². The zero-order valence-corrected chi connectivity index (χ0v) is 12.9. The largest absolute Gasteiger partial charge is 0.504 e. The van der Waals surface area contributed by atoms with E-state index in [1.807, 2.05) is 0 Å². The van der Waals surface area contributed by atoms with Crippen LogP contribution in [0.3, 0.4) is 0 Å². The van der Waals surface area contributed by atoms with Gasteiger partial charge in [0.05, 0.1) is 13.4 Å². The van der Waals surface area contributed by atoms with Crippen LogP contribution in [0.15, 0.2) is 36.8 Å². The Bertz CT molecular complexity index is 627. The molecular weight excluding hydrogens is 306 g/mol. The number of hydrogen-bond acceptors (Lipinski definition) is 4. The smallest absolute Gasteiger partial charge is 0.244 e. The van der Waals surface area contributed by atoms with Crippen LogP contribution >= 0.6 is 12.4 Å². The van der Waals surface area contributed by atoms with Gasteiger partial charge in [0.25, 0.3) is 0 Å². The molecule has 118 valence electrons. The number of aromatic nitrogens is 2. The number of carbonyl (C=O) groups excluding carboxylic acids is 1. The summed E-state index contributed by atoms with van der Waals surface area (Å²) in [4.78, 5) is 18.5. The first-order valence-electron chi connectivity index (χ1n) is 6.49.